The van der Waals surface area contributed by atoms with Crippen molar-refractivity contribution in [1.82, 2.24) is 9.21 Å². The lowest BCUT2D eigenvalue weighted by atomic mass is 10.0. The van der Waals surface area contributed by atoms with E-state index in [0.29, 0.717) is 29.5 Å². The molecule has 1 aliphatic rings. The largest absolute Gasteiger partial charge is 0.497 e. The van der Waals surface area contributed by atoms with Gasteiger partial charge in [-0.3, -0.25) is 4.79 Å². The fourth-order valence-electron chi connectivity index (χ4n) is 4.29. The molecule has 0 saturated heterocycles. The van der Waals surface area contributed by atoms with Crippen molar-refractivity contribution in [2.45, 2.75) is 24.3 Å². The molecule has 7 nitrogen and oxygen atoms in total. The third-order valence-corrected chi connectivity index (χ3v) is 9.54. The van der Waals surface area contributed by atoms with Crippen molar-refractivity contribution in [3.05, 3.63) is 87.6 Å². The van der Waals surface area contributed by atoms with Gasteiger partial charge in [-0.1, -0.05) is 17.7 Å². The van der Waals surface area contributed by atoms with Crippen LogP contribution >= 0.6 is 22.9 Å². The van der Waals surface area contributed by atoms with Gasteiger partial charge in [0.15, 0.2) is 0 Å². The molecule has 0 bridgehead atoms. The molecule has 1 amide bonds. The summed E-state index contributed by atoms with van der Waals surface area (Å²) >= 11 is 7.80. The molecule has 2 aromatic carbocycles. The zero-order valence-corrected chi connectivity index (χ0v) is 23.1. The van der Waals surface area contributed by atoms with Crippen LogP contribution in [0.2, 0.25) is 5.02 Å². The monoisotopic (exact) mass is 560 g/mol. The van der Waals surface area contributed by atoms with Crippen molar-refractivity contribution in [3.63, 3.8) is 0 Å². The molecule has 1 atom stereocenters. The molecular weight excluding hydrogens is 532 g/mol. The van der Waals surface area contributed by atoms with Crippen LogP contribution in [-0.4, -0.2) is 56.9 Å². The van der Waals surface area contributed by atoms with Gasteiger partial charge in [-0.25, -0.2) is 8.42 Å². The zero-order valence-electron chi connectivity index (χ0n) is 20.7. The minimum atomic E-state index is -3.94. The number of benzene rings is 2. The average molecular weight is 561 g/mol. The van der Waals surface area contributed by atoms with E-state index < -0.39 is 10.0 Å². The number of methoxy groups -OCH3 is 1. The van der Waals surface area contributed by atoms with Gasteiger partial charge in [0.25, 0.3) is 0 Å². The molecule has 0 aliphatic carbocycles. The van der Waals surface area contributed by atoms with Crippen molar-refractivity contribution in [1.29, 1.82) is 0 Å². The molecule has 0 radical (unpaired) electrons. The van der Waals surface area contributed by atoms with Gasteiger partial charge in [0.05, 0.1) is 24.6 Å². The first-order valence-corrected chi connectivity index (χ1v) is 14.4. The van der Waals surface area contributed by atoms with Gasteiger partial charge in [0.2, 0.25) is 15.9 Å². The van der Waals surface area contributed by atoms with E-state index in [4.69, 9.17) is 21.1 Å². The molecule has 10 heteroatoms. The molecule has 2 heterocycles. The molecule has 0 saturated carbocycles. The Kier molecular flexibility index (Phi) is 8.59. The second kappa shape index (κ2) is 11.7. The number of thiophene rings is 1. The SMILES string of the molecule is C=CCN(CC(=O)N1CCc2sccc2[C@H]1COc1ccc(Cl)c(C)c1)S(=O)(=O)c1ccc(OC)cc1. The highest BCUT2D eigenvalue weighted by Gasteiger charge is 2.35. The highest BCUT2D eigenvalue weighted by atomic mass is 35.5. The highest BCUT2D eigenvalue weighted by Crippen LogP contribution is 2.34. The van der Waals surface area contributed by atoms with E-state index in [1.165, 1.54) is 30.2 Å². The Labute approximate surface area is 226 Å². The molecule has 0 spiro atoms. The van der Waals surface area contributed by atoms with E-state index in [-0.39, 0.29) is 36.5 Å². The van der Waals surface area contributed by atoms with Crippen LogP contribution in [0.1, 0.15) is 22.0 Å². The van der Waals surface area contributed by atoms with Crippen LogP contribution in [0, 0.1) is 6.92 Å². The van der Waals surface area contributed by atoms with E-state index in [9.17, 15) is 13.2 Å². The van der Waals surface area contributed by atoms with Gasteiger partial charge in [0.1, 0.15) is 18.1 Å². The summed E-state index contributed by atoms with van der Waals surface area (Å²) in [7, 11) is -2.42. The summed E-state index contributed by atoms with van der Waals surface area (Å²) in [6.45, 7) is 6.00. The van der Waals surface area contributed by atoms with Gasteiger partial charge < -0.3 is 14.4 Å². The average Bonchev–Trinajstić information content (AvgIpc) is 3.38. The summed E-state index contributed by atoms with van der Waals surface area (Å²) in [5.74, 6) is 0.910. The Bertz CT molecular complexity index is 1370. The molecular formula is C27H29ClN2O5S2. The number of amides is 1. The summed E-state index contributed by atoms with van der Waals surface area (Å²) in [4.78, 5) is 16.6. The number of nitrogens with zero attached hydrogens (tertiary/aromatic N) is 2. The maximum absolute atomic E-state index is 13.6. The second-order valence-corrected chi connectivity index (χ2v) is 12.0. The number of halogens is 1. The normalized spacial score (nSPS) is 15.4. The predicted molar refractivity (Wildman–Crippen MR) is 146 cm³/mol. The van der Waals surface area contributed by atoms with Crippen LogP contribution in [0.25, 0.3) is 0 Å². The molecule has 3 aromatic rings. The number of sulfonamides is 1. The Balaban J connectivity index is 1.56. The maximum atomic E-state index is 13.6. The quantitative estimate of drug-likeness (QED) is 0.322. The summed E-state index contributed by atoms with van der Waals surface area (Å²) in [5, 5.41) is 2.67. The van der Waals surface area contributed by atoms with Crippen molar-refractivity contribution < 1.29 is 22.7 Å². The number of aryl methyl sites for hydroxylation is 1. The number of carbonyl (C=O) groups is 1. The zero-order chi connectivity index (χ0) is 26.6. The Morgan fingerprint density at radius 3 is 2.62 bits per heavy atom. The van der Waals surface area contributed by atoms with Gasteiger partial charge in [-0.2, -0.15) is 4.31 Å². The Hall–Kier alpha value is -2.85. The van der Waals surface area contributed by atoms with Crippen LogP contribution in [0.4, 0.5) is 0 Å². The van der Waals surface area contributed by atoms with E-state index in [0.717, 1.165) is 15.4 Å². The molecule has 0 N–H and O–H groups in total. The van der Waals surface area contributed by atoms with Gasteiger partial charge >= 0.3 is 0 Å². The van der Waals surface area contributed by atoms with Crippen LogP contribution in [0.5, 0.6) is 11.5 Å². The number of hydrogen-bond acceptors (Lipinski definition) is 6. The first-order valence-electron chi connectivity index (χ1n) is 11.7. The summed E-state index contributed by atoms with van der Waals surface area (Å²) in [6, 6.07) is 13.2. The van der Waals surface area contributed by atoms with Crippen molar-refractivity contribution in [2.75, 3.05) is 33.4 Å². The lowest BCUT2D eigenvalue weighted by Crippen LogP contribution is -2.47. The van der Waals surface area contributed by atoms with Gasteiger partial charge in [-0.05, 0) is 78.4 Å². The number of fused-ring (bicyclic) bond motifs is 1. The summed E-state index contributed by atoms with van der Waals surface area (Å²) < 4.78 is 39.1. The molecule has 1 aliphatic heterocycles. The Morgan fingerprint density at radius 2 is 1.95 bits per heavy atom. The lowest BCUT2D eigenvalue weighted by Gasteiger charge is -2.37. The van der Waals surface area contributed by atoms with Crippen LogP contribution < -0.4 is 9.47 Å². The molecule has 1 aromatic heterocycles. The van der Waals surface area contributed by atoms with Crippen LogP contribution in [0.3, 0.4) is 0 Å². The maximum Gasteiger partial charge on any atom is 0.243 e. The number of hydrogen-bond donors (Lipinski definition) is 0. The van der Waals surface area contributed by atoms with Crippen LogP contribution in [-0.2, 0) is 21.2 Å². The molecule has 37 heavy (non-hydrogen) atoms. The predicted octanol–water partition coefficient (Wildman–Crippen LogP) is 5.10. The molecule has 0 fully saturated rings. The molecule has 4 rings (SSSR count). The number of rotatable bonds is 10. The smallest absolute Gasteiger partial charge is 0.243 e. The van der Waals surface area contributed by atoms with Gasteiger partial charge in [-0.15, -0.1) is 17.9 Å². The first-order chi connectivity index (χ1) is 17.7. The number of carbonyl (C=O) groups excluding carboxylic acids is 1. The topological polar surface area (TPSA) is 76.2 Å². The number of ether oxygens (including phenoxy) is 2. The summed E-state index contributed by atoms with van der Waals surface area (Å²) in [6.07, 6.45) is 2.19. The molecule has 0 unspecified atom stereocenters. The summed E-state index contributed by atoms with van der Waals surface area (Å²) in [5.41, 5.74) is 1.93. The van der Waals surface area contributed by atoms with Crippen molar-refractivity contribution in [3.8, 4) is 11.5 Å². The first kappa shape index (κ1) is 27.2. The van der Waals surface area contributed by atoms with Crippen molar-refractivity contribution in [2.24, 2.45) is 0 Å². The minimum Gasteiger partial charge on any atom is -0.497 e. The fraction of sp³-hybridized carbons (Fsp3) is 0.296. The third kappa shape index (κ3) is 6.01. The van der Waals surface area contributed by atoms with E-state index in [1.54, 1.807) is 40.5 Å². The Morgan fingerprint density at radius 1 is 1.22 bits per heavy atom. The van der Waals surface area contributed by atoms with Gasteiger partial charge in [0, 0.05) is 23.0 Å². The van der Waals surface area contributed by atoms with Crippen molar-refractivity contribution >= 4 is 38.9 Å². The second-order valence-electron chi connectivity index (χ2n) is 8.64. The molecule has 196 valence electrons. The fourth-order valence-corrected chi connectivity index (χ4v) is 6.69. The van der Waals surface area contributed by atoms with E-state index >= 15 is 0 Å². The standard InChI is InChI=1S/C27H29ClN2O5S2/c1-4-13-29(37(32,33)22-8-5-20(34-3)6-9-22)17-27(31)30-14-11-26-23(12-15-36-26)25(30)18-35-21-7-10-24(28)19(2)16-21/h4-10,12,15-16,25H,1,11,13-14,17-18H2,2-3H3/t25-/m1/s1. The highest BCUT2D eigenvalue weighted by molar-refractivity contribution is 7.89. The minimum absolute atomic E-state index is 0.00284. The van der Waals surface area contributed by atoms with E-state index in [2.05, 4.69) is 6.58 Å². The third-order valence-electron chi connectivity index (χ3n) is 6.29. The van der Waals surface area contributed by atoms with E-state index in [1.807, 2.05) is 24.4 Å². The lowest BCUT2D eigenvalue weighted by molar-refractivity contribution is -0.135. The van der Waals surface area contributed by atoms with Crippen LogP contribution in [0.15, 0.2) is 71.5 Å².